The Labute approximate surface area is 121 Å². The third kappa shape index (κ3) is 4.55. The highest BCUT2D eigenvalue weighted by atomic mass is 32.1. The van der Waals surface area contributed by atoms with Gasteiger partial charge < -0.3 is 5.32 Å². The minimum absolute atomic E-state index is 0.694. The van der Waals surface area contributed by atoms with Crippen molar-refractivity contribution in [2.75, 3.05) is 19.6 Å². The first-order valence-electron chi connectivity index (χ1n) is 7.57. The molecule has 0 saturated carbocycles. The van der Waals surface area contributed by atoms with E-state index in [1.807, 2.05) is 11.3 Å². The summed E-state index contributed by atoms with van der Waals surface area (Å²) in [6.45, 7) is 11.2. The number of hydrogen-bond donors (Lipinski definition) is 1. The lowest BCUT2D eigenvalue weighted by molar-refractivity contribution is 0.237. The SMILES string of the molecule is CCCCN(Cc1nc(C)c(C)s1)CC1CCCN1. The van der Waals surface area contributed by atoms with E-state index in [0.29, 0.717) is 6.04 Å². The summed E-state index contributed by atoms with van der Waals surface area (Å²) in [5.41, 5.74) is 1.20. The standard InChI is InChI=1S/C15H27N3S/c1-4-5-9-18(10-14-7-6-8-16-14)11-15-17-12(2)13(3)19-15/h14,16H,4-11H2,1-3H3. The first-order valence-corrected chi connectivity index (χ1v) is 8.39. The molecule has 4 heteroatoms. The fourth-order valence-corrected chi connectivity index (χ4v) is 3.62. The zero-order chi connectivity index (χ0) is 13.7. The van der Waals surface area contributed by atoms with Gasteiger partial charge in [-0.05, 0) is 46.2 Å². The molecule has 0 amide bonds. The second kappa shape index (κ2) is 7.36. The van der Waals surface area contributed by atoms with Crippen LogP contribution < -0.4 is 5.32 Å². The number of aromatic nitrogens is 1. The van der Waals surface area contributed by atoms with Gasteiger partial charge in [-0.3, -0.25) is 4.90 Å². The van der Waals surface area contributed by atoms with Crippen LogP contribution in [0, 0.1) is 13.8 Å². The lowest BCUT2D eigenvalue weighted by Gasteiger charge is -2.24. The van der Waals surface area contributed by atoms with Gasteiger partial charge in [0, 0.05) is 17.5 Å². The van der Waals surface area contributed by atoms with E-state index < -0.39 is 0 Å². The molecule has 1 aliphatic rings. The summed E-state index contributed by atoms with van der Waals surface area (Å²) >= 11 is 1.86. The van der Waals surface area contributed by atoms with Gasteiger partial charge in [-0.1, -0.05) is 13.3 Å². The molecule has 1 unspecified atom stereocenters. The van der Waals surface area contributed by atoms with E-state index in [1.54, 1.807) is 0 Å². The molecule has 0 aromatic carbocycles. The Morgan fingerprint density at radius 1 is 1.42 bits per heavy atom. The summed E-state index contributed by atoms with van der Waals surface area (Å²) in [5.74, 6) is 0. The Morgan fingerprint density at radius 2 is 2.26 bits per heavy atom. The Morgan fingerprint density at radius 3 is 2.84 bits per heavy atom. The molecule has 1 saturated heterocycles. The number of aryl methyl sites for hydroxylation is 2. The number of thiazole rings is 1. The molecule has 1 aromatic rings. The third-order valence-corrected chi connectivity index (χ3v) is 4.96. The topological polar surface area (TPSA) is 28.2 Å². The molecule has 0 radical (unpaired) electrons. The van der Waals surface area contributed by atoms with Crippen molar-refractivity contribution in [3.05, 3.63) is 15.6 Å². The Hall–Kier alpha value is -0.450. The van der Waals surface area contributed by atoms with E-state index in [-0.39, 0.29) is 0 Å². The smallest absolute Gasteiger partial charge is 0.107 e. The summed E-state index contributed by atoms with van der Waals surface area (Å²) in [4.78, 5) is 8.64. The van der Waals surface area contributed by atoms with E-state index in [9.17, 15) is 0 Å². The zero-order valence-electron chi connectivity index (χ0n) is 12.5. The van der Waals surface area contributed by atoms with Gasteiger partial charge in [0.25, 0.3) is 0 Å². The maximum absolute atomic E-state index is 4.69. The Bertz CT molecular complexity index is 363. The predicted octanol–water partition coefficient (Wildman–Crippen LogP) is 3.11. The van der Waals surface area contributed by atoms with E-state index in [2.05, 4.69) is 36.0 Å². The molecule has 1 atom stereocenters. The van der Waals surface area contributed by atoms with Crippen molar-refractivity contribution < 1.29 is 0 Å². The molecule has 2 rings (SSSR count). The van der Waals surface area contributed by atoms with Crippen molar-refractivity contribution in [2.24, 2.45) is 0 Å². The number of unbranched alkanes of at least 4 members (excludes halogenated alkanes) is 1. The normalized spacial score (nSPS) is 19.5. The van der Waals surface area contributed by atoms with Gasteiger partial charge in [0.15, 0.2) is 0 Å². The van der Waals surface area contributed by atoms with Crippen LogP contribution in [0.15, 0.2) is 0 Å². The van der Waals surface area contributed by atoms with E-state index in [0.717, 1.165) is 6.54 Å². The molecule has 108 valence electrons. The van der Waals surface area contributed by atoms with Crippen LogP contribution in [0.1, 0.15) is 48.2 Å². The van der Waals surface area contributed by atoms with Crippen molar-refractivity contribution in [1.29, 1.82) is 0 Å². The fourth-order valence-electron chi connectivity index (χ4n) is 2.64. The van der Waals surface area contributed by atoms with Crippen molar-refractivity contribution >= 4 is 11.3 Å². The van der Waals surface area contributed by atoms with Crippen LogP contribution in [0.25, 0.3) is 0 Å². The summed E-state index contributed by atoms with van der Waals surface area (Å²) in [6.07, 6.45) is 5.22. The molecule has 1 aliphatic heterocycles. The first-order chi connectivity index (χ1) is 9.19. The summed E-state index contributed by atoms with van der Waals surface area (Å²) < 4.78 is 0. The van der Waals surface area contributed by atoms with Crippen LogP contribution in [-0.2, 0) is 6.54 Å². The molecule has 0 spiro atoms. The molecule has 19 heavy (non-hydrogen) atoms. The van der Waals surface area contributed by atoms with Crippen LogP contribution in [0.2, 0.25) is 0 Å². The molecule has 3 nitrogen and oxygen atoms in total. The van der Waals surface area contributed by atoms with Gasteiger partial charge >= 0.3 is 0 Å². The molecule has 1 N–H and O–H groups in total. The molecule has 2 heterocycles. The van der Waals surface area contributed by atoms with Crippen LogP contribution in [0.4, 0.5) is 0 Å². The lowest BCUT2D eigenvalue weighted by atomic mass is 10.2. The van der Waals surface area contributed by atoms with Crippen molar-refractivity contribution in [2.45, 2.75) is 59.0 Å². The molecule has 0 aliphatic carbocycles. The highest BCUT2D eigenvalue weighted by Crippen LogP contribution is 2.19. The minimum Gasteiger partial charge on any atom is -0.313 e. The predicted molar refractivity (Wildman–Crippen MR) is 82.8 cm³/mol. The van der Waals surface area contributed by atoms with Gasteiger partial charge in [-0.2, -0.15) is 0 Å². The Balaban J connectivity index is 1.91. The molecular formula is C15H27N3S. The van der Waals surface area contributed by atoms with Crippen molar-refractivity contribution in [3.8, 4) is 0 Å². The van der Waals surface area contributed by atoms with E-state index in [1.165, 1.54) is 60.9 Å². The monoisotopic (exact) mass is 281 g/mol. The lowest BCUT2D eigenvalue weighted by Crippen LogP contribution is -2.37. The quantitative estimate of drug-likeness (QED) is 0.832. The highest BCUT2D eigenvalue weighted by Gasteiger charge is 2.18. The van der Waals surface area contributed by atoms with Gasteiger partial charge in [-0.25, -0.2) is 4.98 Å². The first kappa shape index (κ1) is 14.9. The van der Waals surface area contributed by atoms with Crippen molar-refractivity contribution in [1.82, 2.24) is 15.2 Å². The summed E-state index contributed by atoms with van der Waals surface area (Å²) in [6, 6.07) is 0.694. The second-order valence-corrected chi connectivity index (χ2v) is 6.92. The molecule has 1 aromatic heterocycles. The van der Waals surface area contributed by atoms with Crippen LogP contribution in [0.5, 0.6) is 0 Å². The van der Waals surface area contributed by atoms with Gasteiger partial charge in [0.05, 0.1) is 12.2 Å². The van der Waals surface area contributed by atoms with Gasteiger partial charge in [-0.15, -0.1) is 11.3 Å². The van der Waals surface area contributed by atoms with Crippen LogP contribution in [0.3, 0.4) is 0 Å². The number of hydrogen-bond acceptors (Lipinski definition) is 4. The maximum atomic E-state index is 4.69. The van der Waals surface area contributed by atoms with Gasteiger partial charge in [0.1, 0.15) is 5.01 Å². The fraction of sp³-hybridized carbons (Fsp3) is 0.800. The summed E-state index contributed by atoms with van der Waals surface area (Å²) in [5, 5.41) is 4.89. The largest absolute Gasteiger partial charge is 0.313 e. The average Bonchev–Trinajstić information content (AvgIpc) is 2.98. The number of rotatable bonds is 7. The summed E-state index contributed by atoms with van der Waals surface area (Å²) in [7, 11) is 0. The number of nitrogens with one attached hydrogen (secondary N) is 1. The van der Waals surface area contributed by atoms with Crippen molar-refractivity contribution in [3.63, 3.8) is 0 Å². The average molecular weight is 281 g/mol. The van der Waals surface area contributed by atoms with E-state index >= 15 is 0 Å². The Kier molecular flexibility index (Phi) is 5.79. The molecule has 0 bridgehead atoms. The van der Waals surface area contributed by atoms with Crippen LogP contribution >= 0.6 is 11.3 Å². The number of nitrogens with zero attached hydrogens (tertiary/aromatic N) is 2. The van der Waals surface area contributed by atoms with Crippen LogP contribution in [-0.4, -0.2) is 35.6 Å². The minimum atomic E-state index is 0.694. The zero-order valence-corrected chi connectivity index (χ0v) is 13.4. The highest BCUT2D eigenvalue weighted by molar-refractivity contribution is 7.11. The molecule has 1 fully saturated rings. The van der Waals surface area contributed by atoms with Gasteiger partial charge in [0.2, 0.25) is 0 Å². The second-order valence-electron chi connectivity index (χ2n) is 5.63. The molecular weight excluding hydrogens is 254 g/mol. The maximum Gasteiger partial charge on any atom is 0.107 e. The third-order valence-electron chi connectivity index (χ3n) is 3.90. The van der Waals surface area contributed by atoms with E-state index in [4.69, 9.17) is 0 Å².